The number of aliphatic imine (C=N–C) groups is 1. The lowest BCUT2D eigenvalue weighted by Crippen LogP contribution is -2.35. The minimum atomic E-state index is 0.462. The molecule has 1 aliphatic rings. The van der Waals surface area contributed by atoms with E-state index in [0.717, 1.165) is 48.6 Å². The average Bonchev–Trinajstić information content (AvgIpc) is 3.55. The van der Waals surface area contributed by atoms with Crippen molar-refractivity contribution in [1.29, 1.82) is 0 Å². The number of amidine groups is 1. The number of ether oxygens (including phenoxy) is 1. The Kier molecular flexibility index (Phi) is 14.7. The van der Waals surface area contributed by atoms with Gasteiger partial charge >= 0.3 is 0 Å². The summed E-state index contributed by atoms with van der Waals surface area (Å²) in [6, 6.07) is 5.65. The zero-order valence-electron chi connectivity index (χ0n) is 21.3. The normalized spacial score (nSPS) is 14.5. The summed E-state index contributed by atoms with van der Waals surface area (Å²) in [5, 5.41) is 1.05. The second-order valence-electron chi connectivity index (χ2n) is 9.25. The fraction of sp³-hybridized carbons (Fsp3) is 0.630. The van der Waals surface area contributed by atoms with E-state index in [1.54, 1.807) is 7.11 Å². The molecular weight excluding hydrogens is 455 g/mol. The van der Waals surface area contributed by atoms with Crippen LogP contribution in [-0.4, -0.2) is 43.8 Å². The van der Waals surface area contributed by atoms with Gasteiger partial charge in [0.2, 0.25) is 0 Å². The minimum Gasteiger partial charge on any atom is -0.383 e. The maximum atomic E-state index is 11.0. The zero-order chi connectivity index (χ0) is 24.8. The van der Waals surface area contributed by atoms with E-state index in [9.17, 15) is 4.79 Å². The first-order chi connectivity index (χ1) is 15.7. The maximum Gasteiger partial charge on any atom is 0.121 e. The molecular formula is C27H42Cl2N2O2. The minimum absolute atomic E-state index is 0.462. The molecule has 1 fully saturated rings. The Labute approximate surface area is 211 Å². The van der Waals surface area contributed by atoms with Crippen LogP contribution in [-0.2, 0) is 9.53 Å². The van der Waals surface area contributed by atoms with Crippen molar-refractivity contribution in [3.8, 4) is 0 Å². The van der Waals surface area contributed by atoms with Crippen LogP contribution in [0.3, 0.4) is 0 Å². The Morgan fingerprint density at radius 3 is 2.39 bits per heavy atom. The lowest BCUT2D eigenvalue weighted by atomic mass is 9.99. The van der Waals surface area contributed by atoms with Crippen LogP contribution < -0.4 is 0 Å². The maximum absolute atomic E-state index is 11.0. The number of nitrogens with zero attached hydrogens (tertiary/aromatic N) is 2. The molecule has 33 heavy (non-hydrogen) atoms. The first kappa shape index (κ1) is 29.7. The van der Waals surface area contributed by atoms with E-state index in [1.807, 2.05) is 18.2 Å². The Morgan fingerprint density at radius 1 is 1.24 bits per heavy atom. The van der Waals surface area contributed by atoms with Crippen molar-refractivity contribution >= 4 is 41.0 Å². The highest BCUT2D eigenvalue weighted by Gasteiger charge is 2.15. The van der Waals surface area contributed by atoms with E-state index in [-0.39, 0.29) is 0 Å². The van der Waals surface area contributed by atoms with Crippen LogP contribution in [0.5, 0.6) is 0 Å². The number of carbonyl (C=O) groups is 1. The van der Waals surface area contributed by atoms with Crippen molar-refractivity contribution in [1.82, 2.24) is 4.90 Å². The Balaban J connectivity index is 0.00000122. The van der Waals surface area contributed by atoms with E-state index in [2.05, 4.69) is 39.5 Å². The van der Waals surface area contributed by atoms with Crippen LogP contribution in [0.25, 0.3) is 5.70 Å². The molecule has 0 bridgehead atoms. The molecule has 1 saturated carbocycles. The van der Waals surface area contributed by atoms with Gasteiger partial charge in [-0.25, -0.2) is 4.99 Å². The predicted octanol–water partition coefficient (Wildman–Crippen LogP) is 7.92. The summed E-state index contributed by atoms with van der Waals surface area (Å²) in [4.78, 5) is 18.2. The van der Waals surface area contributed by atoms with E-state index in [4.69, 9.17) is 32.9 Å². The highest BCUT2D eigenvalue weighted by molar-refractivity contribution is 6.42. The zero-order valence-corrected chi connectivity index (χ0v) is 22.8. The third kappa shape index (κ3) is 12.1. The van der Waals surface area contributed by atoms with Crippen molar-refractivity contribution in [2.24, 2.45) is 16.8 Å². The molecule has 0 N–H and O–H groups in total. The van der Waals surface area contributed by atoms with Crippen molar-refractivity contribution in [2.45, 2.75) is 73.1 Å². The van der Waals surface area contributed by atoms with Crippen molar-refractivity contribution in [3.63, 3.8) is 0 Å². The lowest BCUT2D eigenvalue weighted by Gasteiger charge is -2.26. The molecule has 0 aliphatic heterocycles. The topological polar surface area (TPSA) is 41.9 Å². The second-order valence-corrected chi connectivity index (χ2v) is 10.1. The first-order valence-electron chi connectivity index (χ1n) is 12.1. The highest BCUT2D eigenvalue weighted by Crippen LogP contribution is 2.31. The second kappa shape index (κ2) is 16.3. The van der Waals surface area contributed by atoms with Gasteiger partial charge in [-0.3, -0.25) is 0 Å². The SMILES string of the molecule is CC1CC1.CCCC(=N/C(=C(\C)CC(C)C)c1ccc(Cl)c(Cl)c1)N(CCC=O)CCOC. The van der Waals surface area contributed by atoms with Crippen LogP contribution in [0.1, 0.15) is 78.7 Å². The first-order valence-corrected chi connectivity index (χ1v) is 12.9. The van der Waals surface area contributed by atoms with Gasteiger partial charge < -0.3 is 14.4 Å². The van der Waals surface area contributed by atoms with Gasteiger partial charge in [0, 0.05) is 38.6 Å². The summed E-state index contributed by atoms with van der Waals surface area (Å²) in [6.07, 6.45) is 7.10. The van der Waals surface area contributed by atoms with Gasteiger partial charge in [-0.15, -0.1) is 0 Å². The molecule has 0 spiro atoms. The molecule has 6 heteroatoms. The number of halogens is 2. The number of methoxy groups -OCH3 is 1. The van der Waals surface area contributed by atoms with Gasteiger partial charge in [0.05, 0.1) is 22.3 Å². The van der Waals surface area contributed by atoms with Crippen LogP contribution in [0, 0.1) is 11.8 Å². The van der Waals surface area contributed by atoms with Crippen LogP contribution in [0.4, 0.5) is 0 Å². The Bertz CT molecular complexity index is 786. The predicted molar refractivity (Wildman–Crippen MR) is 143 cm³/mol. The smallest absolute Gasteiger partial charge is 0.121 e. The molecule has 1 aliphatic carbocycles. The molecule has 0 heterocycles. The Hall–Kier alpha value is -1.36. The number of aldehydes is 1. The third-order valence-electron chi connectivity index (χ3n) is 5.34. The molecule has 186 valence electrons. The molecule has 2 rings (SSSR count). The third-order valence-corrected chi connectivity index (χ3v) is 6.08. The number of allylic oxidation sites excluding steroid dienone is 1. The van der Waals surface area contributed by atoms with E-state index >= 15 is 0 Å². The van der Waals surface area contributed by atoms with Gasteiger partial charge in [-0.05, 0) is 49.3 Å². The molecule has 4 nitrogen and oxygen atoms in total. The average molecular weight is 498 g/mol. The molecule has 0 amide bonds. The van der Waals surface area contributed by atoms with E-state index < -0.39 is 0 Å². The van der Waals surface area contributed by atoms with Gasteiger partial charge in [-0.1, -0.05) is 69.8 Å². The van der Waals surface area contributed by atoms with Gasteiger partial charge in [-0.2, -0.15) is 0 Å². The number of rotatable bonds is 12. The highest BCUT2D eigenvalue weighted by atomic mass is 35.5. The summed E-state index contributed by atoms with van der Waals surface area (Å²) >= 11 is 12.4. The lowest BCUT2D eigenvalue weighted by molar-refractivity contribution is -0.108. The van der Waals surface area contributed by atoms with Gasteiger partial charge in [0.15, 0.2) is 0 Å². The molecule has 0 aromatic heterocycles. The quantitative estimate of drug-likeness (QED) is 0.167. The van der Waals surface area contributed by atoms with Crippen LogP contribution in [0.2, 0.25) is 10.0 Å². The van der Waals surface area contributed by atoms with Gasteiger partial charge in [0.1, 0.15) is 12.1 Å². The largest absolute Gasteiger partial charge is 0.383 e. The standard InChI is InChI=1S/C23H34Cl2N2O2.C4H8/c1-6-8-22(27(11-7-13-28)12-14-29-5)26-23(18(4)15-17(2)3)19-9-10-20(24)21(25)16-19;1-4-2-3-4/h9-10,13,16-17H,6-8,11-12,14-15H2,1-5H3;4H,2-3H2,1H3/b23-18+,26-22?;. The van der Waals surface area contributed by atoms with E-state index in [1.165, 1.54) is 18.4 Å². The van der Waals surface area contributed by atoms with Crippen LogP contribution >= 0.6 is 23.2 Å². The molecule has 1 aromatic rings. The summed E-state index contributed by atoms with van der Waals surface area (Å²) in [6.45, 7) is 12.8. The van der Waals surface area contributed by atoms with Crippen molar-refractivity contribution in [2.75, 3.05) is 26.8 Å². The van der Waals surface area contributed by atoms with E-state index in [0.29, 0.717) is 42.1 Å². The Morgan fingerprint density at radius 2 is 1.91 bits per heavy atom. The summed E-state index contributed by atoms with van der Waals surface area (Å²) in [5.41, 5.74) is 3.08. The van der Waals surface area contributed by atoms with Crippen LogP contribution in [0.15, 0.2) is 28.8 Å². The number of benzene rings is 1. The number of hydrogen-bond acceptors (Lipinski definition) is 3. The molecule has 0 radical (unpaired) electrons. The van der Waals surface area contributed by atoms with Crippen molar-refractivity contribution in [3.05, 3.63) is 39.4 Å². The monoisotopic (exact) mass is 496 g/mol. The summed E-state index contributed by atoms with van der Waals surface area (Å²) in [7, 11) is 1.68. The molecule has 0 unspecified atom stereocenters. The van der Waals surface area contributed by atoms with Gasteiger partial charge in [0.25, 0.3) is 0 Å². The number of hydrogen-bond donors (Lipinski definition) is 0. The molecule has 0 atom stereocenters. The summed E-state index contributed by atoms with van der Waals surface area (Å²) in [5.74, 6) is 2.56. The summed E-state index contributed by atoms with van der Waals surface area (Å²) < 4.78 is 5.27. The molecule has 1 aromatic carbocycles. The molecule has 0 saturated heterocycles. The number of carbonyl (C=O) groups excluding carboxylic acids is 1. The van der Waals surface area contributed by atoms with Crippen molar-refractivity contribution < 1.29 is 9.53 Å². The fourth-order valence-electron chi connectivity index (χ4n) is 3.34. The fourth-order valence-corrected chi connectivity index (χ4v) is 3.64.